The number of hydrogen-bond donors (Lipinski definition) is 1. The lowest BCUT2D eigenvalue weighted by Gasteiger charge is -2.40. The summed E-state index contributed by atoms with van der Waals surface area (Å²) in [5, 5.41) is 9.43. The first-order valence-electron chi connectivity index (χ1n) is 8.18. The van der Waals surface area contributed by atoms with Crippen LogP contribution in [0.2, 0.25) is 18.1 Å². The summed E-state index contributed by atoms with van der Waals surface area (Å²) in [5.41, 5.74) is 0. The minimum atomic E-state index is -1.90. The van der Waals surface area contributed by atoms with Gasteiger partial charge in [0.2, 0.25) is 0 Å². The zero-order valence-electron chi connectivity index (χ0n) is 15.6. The van der Waals surface area contributed by atoms with Gasteiger partial charge in [-0.1, -0.05) is 39.7 Å². The van der Waals surface area contributed by atoms with Crippen LogP contribution in [-0.4, -0.2) is 38.7 Å². The van der Waals surface area contributed by atoms with Gasteiger partial charge in [0.15, 0.2) is 8.32 Å². The molecule has 2 atom stereocenters. The molecule has 0 aliphatic carbocycles. The van der Waals surface area contributed by atoms with Crippen LogP contribution in [0.4, 0.5) is 0 Å². The normalized spacial score (nSPS) is 15.0. The molecule has 0 aromatic heterocycles. The minimum absolute atomic E-state index is 0.0541. The van der Waals surface area contributed by atoms with Crippen LogP contribution < -0.4 is 0 Å². The molecule has 0 unspecified atom stereocenters. The third kappa shape index (κ3) is 8.36. The van der Waals surface area contributed by atoms with Crippen molar-refractivity contribution in [1.29, 1.82) is 0 Å². The van der Waals surface area contributed by atoms with Crippen molar-refractivity contribution in [3.05, 3.63) is 12.2 Å². The van der Waals surface area contributed by atoms with Gasteiger partial charge in [-0.3, -0.25) is 0 Å². The summed E-state index contributed by atoms with van der Waals surface area (Å²) in [6, 6.07) is 0. The van der Waals surface area contributed by atoms with Crippen LogP contribution in [0, 0.1) is 17.8 Å². The molecule has 0 aliphatic heterocycles. The van der Waals surface area contributed by atoms with Crippen molar-refractivity contribution < 1.29 is 19.1 Å². The van der Waals surface area contributed by atoms with E-state index in [9.17, 15) is 9.90 Å². The van der Waals surface area contributed by atoms with E-state index in [1.165, 1.54) is 0 Å². The van der Waals surface area contributed by atoms with Crippen LogP contribution in [0.15, 0.2) is 12.2 Å². The molecule has 0 radical (unpaired) electrons. The van der Waals surface area contributed by atoms with Gasteiger partial charge in [-0.2, -0.15) is 0 Å². The zero-order chi connectivity index (χ0) is 18.1. The lowest BCUT2D eigenvalue weighted by Crippen LogP contribution is -2.45. The molecule has 0 aromatic rings. The lowest BCUT2D eigenvalue weighted by molar-refractivity contribution is -0.136. The molecular formula is C18H32O4Si. The number of carbonyl (C=O) groups is 1. The van der Waals surface area contributed by atoms with Crippen molar-refractivity contribution >= 4 is 14.3 Å². The van der Waals surface area contributed by atoms with Gasteiger partial charge in [0.1, 0.15) is 0 Å². The van der Waals surface area contributed by atoms with Gasteiger partial charge >= 0.3 is 5.97 Å². The third-order valence-corrected chi connectivity index (χ3v) is 8.69. The van der Waals surface area contributed by atoms with Gasteiger partial charge in [0.25, 0.3) is 0 Å². The Kier molecular flexibility index (Phi) is 9.44. The topological polar surface area (TPSA) is 55.8 Å². The highest BCUT2D eigenvalue weighted by atomic mass is 28.4. The standard InChI is InChI=1S/C18H32O4Si/c1-8-21-17(20)12-10-9-11-15(2)16(13-14-19)22-23(6,7)18(3,4)5/h9,11,15-16,19H,8,13-14H2,1-7H3/b11-9+/t15-,16+/m1/s1. The number of allylic oxidation sites excluding steroid dienone is 1. The molecule has 0 saturated carbocycles. The Bertz CT molecular complexity index is 452. The van der Waals surface area contributed by atoms with Gasteiger partial charge < -0.3 is 14.3 Å². The van der Waals surface area contributed by atoms with Gasteiger partial charge in [-0.25, -0.2) is 4.79 Å². The van der Waals surface area contributed by atoms with Crippen LogP contribution in [0.25, 0.3) is 0 Å². The van der Waals surface area contributed by atoms with E-state index in [4.69, 9.17) is 9.16 Å². The number of ether oxygens (including phenoxy) is 1. The Morgan fingerprint density at radius 1 is 1.35 bits per heavy atom. The second-order valence-corrected chi connectivity index (χ2v) is 11.9. The molecule has 0 aromatic carbocycles. The largest absolute Gasteiger partial charge is 0.456 e. The highest BCUT2D eigenvalue weighted by Crippen LogP contribution is 2.38. The van der Waals surface area contributed by atoms with Gasteiger partial charge in [-0.15, -0.1) is 0 Å². The van der Waals surface area contributed by atoms with E-state index >= 15 is 0 Å². The van der Waals surface area contributed by atoms with Crippen LogP contribution in [0.5, 0.6) is 0 Å². The summed E-state index contributed by atoms with van der Waals surface area (Å²) in [6.45, 7) is 15.2. The molecule has 23 heavy (non-hydrogen) atoms. The quantitative estimate of drug-likeness (QED) is 0.333. The second kappa shape index (κ2) is 9.92. The molecule has 132 valence electrons. The van der Waals surface area contributed by atoms with Crippen LogP contribution >= 0.6 is 0 Å². The molecule has 1 N–H and O–H groups in total. The summed E-state index contributed by atoms with van der Waals surface area (Å²) in [7, 11) is -1.90. The summed E-state index contributed by atoms with van der Waals surface area (Å²) in [4.78, 5) is 11.1. The highest BCUT2D eigenvalue weighted by Gasteiger charge is 2.39. The fourth-order valence-corrected chi connectivity index (χ4v) is 3.15. The summed E-state index contributed by atoms with van der Waals surface area (Å²) >= 11 is 0. The first kappa shape index (κ1) is 21.9. The van der Waals surface area contributed by atoms with Gasteiger partial charge in [0, 0.05) is 12.5 Å². The molecule has 0 bridgehead atoms. The summed E-state index contributed by atoms with van der Waals surface area (Å²) in [6.07, 6.45) is 4.10. The van der Waals surface area contributed by atoms with Crippen molar-refractivity contribution in [1.82, 2.24) is 0 Å². The number of esters is 1. The van der Waals surface area contributed by atoms with E-state index in [1.807, 2.05) is 13.0 Å². The first-order valence-corrected chi connectivity index (χ1v) is 11.1. The number of aliphatic hydroxyl groups excluding tert-OH is 1. The Labute approximate surface area is 142 Å². The van der Waals surface area contributed by atoms with E-state index in [-0.39, 0.29) is 23.7 Å². The van der Waals surface area contributed by atoms with E-state index < -0.39 is 14.3 Å². The summed E-state index contributed by atoms with van der Waals surface area (Å²) in [5.74, 6) is 4.67. The van der Waals surface area contributed by atoms with Crippen molar-refractivity contribution in [2.75, 3.05) is 13.2 Å². The molecule has 0 aliphatic rings. The smallest absolute Gasteiger partial charge is 0.384 e. The predicted octanol–water partition coefficient (Wildman–Crippen LogP) is 3.52. The van der Waals surface area contributed by atoms with Crippen molar-refractivity contribution in [2.45, 2.75) is 65.3 Å². The van der Waals surface area contributed by atoms with Crippen LogP contribution in [-0.2, 0) is 14.0 Å². The number of rotatable bonds is 7. The molecule has 0 saturated heterocycles. The number of carbonyl (C=O) groups excluding carboxylic acids is 1. The van der Waals surface area contributed by atoms with E-state index in [0.29, 0.717) is 13.0 Å². The van der Waals surface area contributed by atoms with Crippen molar-refractivity contribution in [2.24, 2.45) is 5.92 Å². The molecule has 4 nitrogen and oxygen atoms in total. The van der Waals surface area contributed by atoms with E-state index in [2.05, 4.69) is 45.7 Å². The molecular weight excluding hydrogens is 308 g/mol. The van der Waals surface area contributed by atoms with Crippen LogP contribution in [0.3, 0.4) is 0 Å². The Morgan fingerprint density at radius 3 is 2.43 bits per heavy atom. The van der Waals surface area contributed by atoms with Crippen LogP contribution in [0.1, 0.15) is 41.0 Å². The fraction of sp³-hybridized carbons (Fsp3) is 0.722. The molecule has 0 heterocycles. The molecule has 0 spiro atoms. The maximum absolute atomic E-state index is 11.1. The molecule has 0 rings (SSSR count). The Morgan fingerprint density at radius 2 is 1.96 bits per heavy atom. The van der Waals surface area contributed by atoms with E-state index in [0.717, 1.165) is 0 Å². The maximum atomic E-state index is 11.1. The Balaban J connectivity index is 4.87. The molecule has 0 amide bonds. The SMILES string of the molecule is CCOC(=O)C#C/C=C/[C@@H](C)[C@H](CCO)O[Si](C)(C)C(C)(C)C. The van der Waals surface area contributed by atoms with Crippen molar-refractivity contribution in [3.63, 3.8) is 0 Å². The highest BCUT2D eigenvalue weighted by molar-refractivity contribution is 6.74. The minimum Gasteiger partial charge on any atom is -0.456 e. The lowest BCUT2D eigenvalue weighted by atomic mass is 10.0. The molecule has 0 fully saturated rings. The molecule has 5 heteroatoms. The zero-order valence-corrected chi connectivity index (χ0v) is 16.6. The average Bonchev–Trinajstić information content (AvgIpc) is 2.41. The first-order chi connectivity index (χ1) is 10.5. The van der Waals surface area contributed by atoms with Crippen molar-refractivity contribution in [3.8, 4) is 11.8 Å². The van der Waals surface area contributed by atoms with Gasteiger partial charge in [0.05, 0.1) is 12.7 Å². The summed E-state index contributed by atoms with van der Waals surface area (Å²) < 4.78 is 11.1. The third-order valence-electron chi connectivity index (χ3n) is 4.19. The number of hydrogen-bond acceptors (Lipinski definition) is 4. The van der Waals surface area contributed by atoms with E-state index in [1.54, 1.807) is 13.0 Å². The average molecular weight is 341 g/mol. The second-order valence-electron chi connectivity index (χ2n) is 7.14. The monoisotopic (exact) mass is 340 g/mol. The number of aliphatic hydroxyl groups is 1. The predicted molar refractivity (Wildman–Crippen MR) is 96.5 cm³/mol. The van der Waals surface area contributed by atoms with Gasteiger partial charge in [-0.05, 0) is 43.5 Å². The maximum Gasteiger partial charge on any atom is 0.384 e. The fourth-order valence-electron chi connectivity index (χ4n) is 1.70. The Hall–Kier alpha value is -1.09.